The molecule has 0 saturated heterocycles. The fourth-order valence-corrected chi connectivity index (χ4v) is 2.80. The number of aromatic nitrogens is 3. The smallest absolute Gasteiger partial charge is 0.367 e. The molecular formula is C18H18ClF3N4. The minimum atomic E-state index is -4.61. The van der Waals surface area contributed by atoms with E-state index in [0.29, 0.717) is 22.1 Å². The van der Waals surface area contributed by atoms with Crippen molar-refractivity contribution in [2.45, 2.75) is 39.4 Å². The van der Waals surface area contributed by atoms with Crippen LogP contribution in [0.5, 0.6) is 0 Å². The third-order valence-electron chi connectivity index (χ3n) is 4.13. The molecule has 8 heteroatoms. The summed E-state index contributed by atoms with van der Waals surface area (Å²) in [6.07, 6.45) is -3.79. The van der Waals surface area contributed by atoms with Crippen molar-refractivity contribution in [2.75, 3.05) is 5.32 Å². The Balaban J connectivity index is 2.32. The van der Waals surface area contributed by atoms with Gasteiger partial charge in [-0.15, -0.1) is 0 Å². The van der Waals surface area contributed by atoms with E-state index in [9.17, 15) is 13.2 Å². The van der Waals surface area contributed by atoms with Gasteiger partial charge in [0.2, 0.25) is 0 Å². The Morgan fingerprint density at radius 2 is 1.88 bits per heavy atom. The quantitative estimate of drug-likeness (QED) is 0.639. The first-order valence-corrected chi connectivity index (χ1v) is 8.58. The molecule has 3 rings (SSSR count). The third kappa shape index (κ3) is 3.49. The molecule has 0 amide bonds. The van der Waals surface area contributed by atoms with Crippen LogP contribution in [0.15, 0.2) is 30.3 Å². The van der Waals surface area contributed by atoms with Crippen LogP contribution in [0.1, 0.15) is 31.7 Å². The Bertz CT molecular complexity index is 932. The number of nitrogens with one attached hydrogen (secondary N) is 1. The first-order chi connectivity index (χ1) is 12.2. The molecule has 0 fully saturated rings. The van der Waals surface area contributed by atoms with Crippen LogP contribution >= 0.6 is 11.6 Å². The zero-order valence-electron chi connectivity index (χ0n) is 14.5. The van der Waals surface area contributed by atoms with E-state index in [4.69, 9.17) is 11.6 Å². The van der Waals surface area contributed by atoms with Crippen molar-refractivity contribution in [3.8, 4) is 11.1 Å². The van der Waals surface area contributed by atoms with Gasteiger partial charge in [-0.3, -0.25) is 0 Å². The Hall–Kier alpha value is -2.28. The minimum Gasteiger partial charge on any atom is -0.367 e. The van der Waals surface area contributed by atoms with Crippen molar-refractivity contribution in [1.82, 2.24) is 14.6 Å². The molecular weight excluding hydrogens is 365 g/mol. The van der Waals surface area contributed by atoms with Gasteiger partial charge >= 0.3 is 6.18 Å². The summed E-state index contributed by atoms with van der Waals surface area (Å²) in [5, 5.41) is 7.49. The van der Waals surface area contributed by atoms with E-state index in [1.807, 2.05) is 13.8 Å². The number of nitrogens with zero attached hydrogens (tertiary/aromatic N) is 3. The number of anilines is 1. The van der Waals surface area contributed by atoms with E-state index in [-0.39, 0.29) is 17.3 Å². The van der Waals surface area contributed by atoms with Gasteiger partial charge in [-0.05, 0) is 38.0 Å². The monoisotopic (exact) mass is 382 g/mol. The molecule has 0 saturated carbocycles. The van der Waals surface area contributed by atoms with E-state index in [0.717, 1.165) is 6.42 Å². The number of hydrogen-bond acceptors (Lipinski definition) is 3. The van der Waals surface area contributed by atoms with Crippen LogP contribution in [0, 0.1) is 6.92 Å². The number of aryl methyl sites for hydroxylation is 1. The molecule has 0 spiro atoms. The molecule has 4 nitrogen and oxygen atoms in total. The fraction of sp³-hybridized carbons (Fsp3) is 0.333. The maximum atomic E-state index is 13.7. The zero-order chi connectivity index (χ0) is 19.1. The molecule has 26 heavy (non-hydrogen) atoms. The molecule has 1 N–H and O–H groups in total. The Labute approximate surface area is 154 Å². The second-order valence-electron chi connectivity index (χ2n) is 6.20. The molecule has 138 valence electrons. The number of benzene rings is 1. The number of hydrogen-bond donors (Lipinski definition) is 1. The van der Waals surface area contributed by atoms with Crippen LogP contribution in [0.3, 0.4) is 0 Å². The maximum Gasteiger partial charge on any atom is 0.435 e. The molecule has 1 atom stereocenters. The van der Waals surface area contributed by atoms with Crippen molar-refractivity contribution in [3.05, 3.63) is 46.7 Å². The molecule has 0 aliphatic rings. The molecule has 1 aromatic carbocycles. The highest BCUT2D eigenvalue weighted by atomic mass is 35.5. The predicted octanol–water partition coefficient (Wildman–Crippen LogP) is 5.59. The lowest BCUT2D eigenvalue weighted by atomic mass is 10.1. The van der Waals surface area contributed by atoms with Crippen LogP contribution in [-0.2, 0) is 6.18 Å². The molecule has 0 aliphatic carbocycles. The molecule has 0 aliphatic heterocycles. The largest absolute Gasteiger partial charge is 0.435 e. The second kappa shape index (κ2) is 6.79. The van der Waals surface area contributed by atoms with Gasteiger partial charge in [0.15, 0.2) is 11.3 Å². The van der Waals surface area contributed by atoms with Crippen molar-refractivity contribution < 1.29 is 13.2 Å². The molecule has 3 aromatic rings. The first kappa shape index (κ1) is 18.5. The minimum absolute atomic E-state index is 0.0509. The molecule has 0 radical (unpaired) electrons. The number of fused-ring (bicyclic) bond motifs is 1. The summed E-state index contributed by atoms with van der Waals surface area (Å²) in [6, 6.07) is 7.96. The second-order valence-corrected chi connectivity index (χ2v) is 6.64. The number of halogens is 4. The summed E-state index contributed by atoms with van der Waals surface area (Å²) < 4.78 is 42.2. The normalized spacial score (nSPS) is 13.2. The van der Waals surface area contributed by atoms with Crippen molar-refractivity contribution in [1.29, 1.82) is 0 Å². The number of rotatable bonds is 4. The van der Waals surface area contributed by atoms with Gasteiger partial charge in [-0.2, -0.15) is 22.8 Å². The van der Waals surface area contributed by atoms with Crippen LogP contribution in [-0.4, -0.2) is 20.6 Å². The van der Waals surface area contributed by atoms with E-state index < -0.39 is 11.9 Å². The van der Waals surface area contributed by atoms with Crippen LogP contribution in [0.4, 0.5) is 19.0 Å². The van der Waals surface area contributed by atoms with E-state index in [1.54, 1.807) is 37.3 Å². The summed E-state index contributed by atoms with van der Waals surface area (Å²) in [5.74, 6) is 0.479. The maximum absolute atomic E-state index is 13.7. The lowest BCUT2D eigenvalue weighted by Gasteiger charge is -2.14. The van der Waals surface area contributed by atoms with Gasteiger partial charge in [0.05, 0.1) is 5.56 Å². The van der Waals surface area contributed by atoms with Crippen LogP contribution in [0.25, 0.3) is 16.8 Å². The van der Waals surface area contributed by atoms with Gasteiger partial charge in [-0.25, -0.2) is 4.98 Å². The van der Waals surface area contributed by atoms with Crippen LogP contribution < -0.4 is 5.32 Å². The summed E-state index contributed by atoms with van der Waals surface area (Å²) in [7, 11) is 0. The van der Waals surface area contributed by atoms with E-state index in [2.05, 4.69) is 15.4 Å². The van der Waals surface area contributed by atoms with Gasteiger partial charge in [0.1, 0.15) is 5.82 Å². The predicted molar refractivity (Wildman–Crippen MR) is 96.5 cm³/mol. The number of alkyl halides is 3. The van der Waals surface area contributed by atoms with E-state index in [1.165, 1.54) is 4.52 Å². The van der Waals surface area contributed by atoms with E-state index >= 15 is 0 Å². The summed E-state index contributed by atoms with van der Waals surface area (Å²) in [5.41, 5.74) is 0.108. The lowest BCUT2D eigenvalue weighted by Crippen LogP contribution is -2.17. The van der Waals surface area contributed by atoms with Crippen molar-refractivity contribution in [3.63, 3.8) is 0 Å². The molecule has 2 heterocycles. The van der Waals surface area contributed by atoms with Gasteiger partial charge in [0, 0.05) is 22.8 Å². The summed E-state index contributed by atoms with van der Waals surface area (Å²) >= 11 is 5.88. The topological polar surface area (TPSA) is 42.2 Å². The van der Waals surface area contributed by atoms with Gasteiger partial charge < -0.3 is 5.32 Å². The highest BCUT2D eigenvalue weighted by molar-refractivity contribution is 6.30. The Morgan fingerprint density at radius 3 is 2.46 bits per heavy atom. The first-order valence-electron chi connectivity index (χ1n) is 8.20. The van der Waals surface area contributed by atoms with Gasteiger partial charge in [0.25, 0.3) is 0 Å². The molecule has 1 unspecified atom stereocenters. The summed E-state index contributed by atoms with van der Waals surface area (Å²) in [4.78, 5) is 4.33. The average Bonchev–Trinajstić information content (AvgIpc) is 2.95. The standard InChI is InChI=1S/C18H18ClF3N4/c1-4-10(2)23-14-9-11(3)24-17-15(12-5-7-13(19)8-6-12)16(18(20,21)22)25-26(14)17/h5-10,23H,4H2,1-3H3. The highest BCUT2D eigenvalue weighted by Gasteiger charge is 2.39. The molecule has 0 bridgehead atoms. The Kier molecular flexibility index (Phi) is 4.84. The lowest BCUT2D eigenvalue weighted by molar-refractivity contribution is -0.140. The average molecular weight is 383 g/mol. The van der Waals surface area contributed by atoms with Crippen molar-refractivity contribution >= 4 is 23.1 Å². The third-order valence-corrected chi connectivity index (χ3v) is 4.38. The molecule has 2 aromatic heterocycles. The van der Waals surface area contributed by atoms with Crippen molar-refractivity contribution in [2.24, 2.45) is 0 Å². The zero-order valence-corrected chi connectivity index (χ0v) is 15.3. The highest BCUT2D eigenvalue weighted by Crippen LogP contribution is 2.39. The summed E-state index contributed by atoms with van der Waals surface area (Å²) in [6.45, 7) is 5.69. The van der Waals surface area contributed by atoms with Crippen LogP contribution in [0.2, 0.25) is 5.02 Å². The van der Waals surface area contributed by atoms with Gasteiger partial charge in [-0.1, -0.05) is 30.7 Å². The Morgan fingerprint density at radius 1 is 1.23 bits per heavy atom. The SMILES string of the molecule is CCC(C)Nc1cc(C)nc2c(-c3ccc(Cl)cc3)c(C(F)(F)F)nn12. The fourth-order valence-electron chi connectivity index (χ4n) is 2.68.